The van der Waals surface area contributed by atoms with Crippen LogP contribution in [-0.4, -0.2) is 36.6 Å². The first-order valence-electron chi connectivity index (χ1n) is 6.77. The molecule has 0 aromatic carbocycles. The van der Waals surface area contributed by atoms with Gasteiger partial charge in [-0.3, -0.25) is 4.90 Å². The molecule has 15 heavy (non-hydrogen) atoms. The first-order chi connectivity index (χ1) is 7.29. The van der Waals surface area contributed by atoms with Crippen molar-refractivity contribution in [3.63, 3.8) is 0 Å². The predicted molar refractivity (Wildman–Crippen MR) is 65.1 cm³/mol. The highest BCUT2D eigenvalue weighted by Crippen LogP contribution is 2.28. The van der Waals surface area contributed by atoms with Gasteiger partial charge in [0, 0.05) is 25.2 Å². The Bertz CT molecular complexity index is 179. The number of nitrogens with one attached hydrogen (secondary N) is 1. The molecule has 2 fully saturated rings. The Balaban J connectivity index is 1.64. The Labute approximate surface area is 94.4 Å². The molecule has 2 aliphatic rings. The second-order valence-electron chi connectivity index (χ2n) is 5.52. The second-order valence-corrected chi connectivity index (χ2v) is 5.52. The predicted octanol–water partition coefficient (Wildman–Crippen LogP) is 2.25. The summed E-state index contributed by atoms with van der Waals surface area (Å²) in [5, 5.41) is 3.66. The molecule has 0 spiro atoms. The molecule has 1 heterocycles. The molecule has 1 N–H and O–H groups in total. The lowest BCUT2D eigenvalue weighted by Crippen LogP contribution is -2.53. The molecule has 1 saturated carbocycles. The summed E-state index contributed by atoms with van der Waals surface area (Å²) >= 11 is 0. The third-order valence-electron chi connectivity index (χ3n) is 3.99. The van der Waals surface area contributed by atoms with Gasteiger partial charge in [0.2, 0.25) is 0 Å². The van der Waals surface area contributed by atoms with Gasteiger partial charge in [0.15, 0.2) is 0 Å². The summed E-state index contributed by atoms with van der Waals surface area (Å²) < 4.78 is 0. The van der Waals surface area contributed by atoms with Gasteiger partial charge in [-0.25, -0.2) is 0 Å². The topological polar surface area (TPSA) is 15.3 Å². The van der Waals surface area contributed by atoms with E-state index >= 15 is 0 Å². The van der Waals surface area contributed by atoms with E-state index in [0.29, 0.717) is 0 Å². The largest absolute Gasteiger partial charge is 0.314 e. The molecule has 1 saturated heterocycles. The zero-order chi connectivity index (χ0) is 10.7. The van der Waals surface area contributed by atoms with E-state index in [-0.39, 0.29) is 0 Å². The van der Waals surface area contributed by atoms with Crippen LogP contribution in [0.3, 0.4) is 0 Å². The van der Waals surface area contributed by atoms with Gasteiger partial charge in [-0.2, -0.15) is 0 Å². The summed E-state index contributed by atoms with van der Waals surface area (Å²) in [5.74, 6) is 0.959. The van der Waals surface area contributed by atoms with Gasteiger partial charge in [-0.1, -0.05) is 13.8 Å². The molecule has 2 heteroatoms. The summed E-state index contributed by atoms with van der Waals surface area (Å²) in [5.41, 5.74) is 0. The van der Waals surface area contributed by atoms with Crippen molar-refractivity contribution in [1.82, 2.24) is 10.2 Å². The number of hydrogen-bond acceptors (Lipinski definition) is 2. The lowest BCUT2D eigenvalue weighted by atomic mass is 9.87. The molecule has 2 nitrogen and oxygen atoms in total. The third-order valence-corrected chi connectivity index (χ3v) is 3.99. The molecule has 88 valence electrons. The van der Waals surface area contributed by atoms with Gasteiger partial charge in [0.05, 0.1) is 0 Å². The minimum absolute atomic E-state index is 0.819. The average Bonchev–Trinajstić information content (AvgIpc) is 2.23. The Morgan fingerprint density at radius 3 is 2.33 bits per heavy atom. The summed E-state index contributed by atoms with van der Waals surface area (Å²) in [6, 6.07) is 1.74. The number of rotatable bonds is 4. The van der Waals surface area contributed by atoms with Crippen molar-refractivity contribution in [2.45, 2.75) is 58.0 Å². The maximum Gasteiger partial charge on any atom is 0.00966 e. The molecule has 0 aromatic heterocycles. The molecule has 0 aromatic rings. The summed E-state index contributed by atoms with van der Waals surface area (Å²) in [6.07, 6.45) is 6.91. The second kappa shape index (κ2) is 5.31. The van der Waals surface area contributed by atoms with Crippen molar-refractivity contribution in [1.29, 1.82) is 0 Å². The molecule has 0 bridgehead atoms. The number of nitrogens with zero attached hydrogens (tertiary/aromatic N) is 1. The van der Waals surface area contributed by atoms with Crippen molar-refractivity contribution in [3.05, 3.63) is 0 Å². The zero-order valence-corrected chi connectivity index (χ0v) is 10.3. The lowest BCUT2D eigenvalue weighted by Gasteiger charge is -2.45. The normalized spacial score (nSPS) is 34.0. The first-order valence-corrected chi connectivity index (χ1v) is 6.77. The number of likely N-dealkylation sites (tertiary alicyclic amines) is 1. The van der Waals surface area contributed by atoms with Gasteiger partial charge in [0.25, 0.3) is 0 Å². The highest BCUT2D eigenvalue weighted by atomic mass is 15.2. The van der Waals surface area contributed by atoms with Crippen LogP contribution in [0.15, 0.2) is 0 Å². The minimum Gasteiger partial charge on any atom is -0.314 e. The molecule has 1 aliphatic heterocycles. The fraction of sp³-hybridized carbons (Fsp3) is 1.00. The molecular formula is C13H26N2. The molecule has 0 atom stereocenters. The van der Waals surface area contributed by atoms with Crippen LogP contribution in [0.2, 0.25) is 0 Å². The maximum atomic E-state index is 3.66. The van der Waals surface area contributed by atoms with Crippen LogP contribution in [-0.2, 0) is 0 Å². The first kappa shape index (κ1) is 11.4. The standard InChI is InChI=1S/C13H26N2/c1-3-8-14-12-4-6-13(7-5-12)15-9-11(2)10-15/h11-14H,3-10H2,1-2H3. The zero-order valence-electron chi connectivity index (χ0n) is 10.3. The molecule has 2 rings (SSSR count). The van der Waals surface area contributed by atoms with Crippen molar-refractivity contribution in [2.24, 2.45) is 5.92 Å². The van der Waals surface area contributed by atoms with Gasteiger partial charge >= 0.3 is 0 Å². The lowest BCUT2D eigenvalue weighted by molar-refractivity contribution is 0.0393. The van der Waals surface area contributed by atoms with E-state index in [1.54, 1.807) is 0 Å². The average molecular weight is 210 g/mol. The van der Waals surface area contributed by atoms with Crippen molar-refractivity contribution in [3.8, 4) is 0 Å². The number of hydrogen-bond donors (Lipinski definition) is 1. The van der Waals surface area contributed by atoms with Crippen LogP contribution in [0.25, 0.3) is 0 Å². The van der Waals surface area contributed by atoms with Crippen LogP contribution in [0.4, 0.5) is 0 Å². The van der Waals surface area contributed by atoms with E-state index in [4.69, 9.17) is 0 Å². The SMILES string of the molecule is CCCNC1CCC(N2CC(C)C2)CC1. The summed E-state index contributed by atoms with van der Waals surface area (Å²) in [6.45, 7) is 8.54. The van der Waals surface area contributed by atoms with Gasteiger partial charge < -0.3 is 5.32 Å². The van der Waals surface area contributed by atoms with E-state index < -0.39 is 0 Å². The fourth-order valence-electron chi connectivity index (χ4n) is 3.04. The molecule has 0 unspecified atom stereocenters. The van der Waals surface area contributed by atoms with E-state index in [9.17, 15) is 0 Å². The highest BCUT2D eigenvalue weighted by molar-refractivity contribution is 4.88. The summed E-state index contributed by atoms with van der Waals surface area (Å²) in [7, 11) is 0. The van der Waals surface area contributed by atoms with E-state index in [1.807, 2.05) is 0 Å². The monoisotopic (exact) mass is 210 g/mol. The Hall–Kier alpha value is -0.0800. The highest BCUT2D eigenvalue weighted by Gasteiger charge is 2.31. The molecular weight excluding hydrogens is 184 g/mol. The van der Waals surface area contributed by atoms with Crippen LogP contribution >= 0.6 is 0 Å². The minimum atomic E-state index is 0.819. The van der Waals surface area contributed by atoms with Crippen LogP contribution in [0, 0.1) is 5.92 Å². The van der Waals surface area contributed by atoms with Crippen molar-refractivity contribution >= 4 is 0 Å². The smallest absolute Gasteiger partial charge is 0.00966 e. The van der Waals surface area contributed by atoms with E-state index in [1.165, 1.54) is 51.7 Å². The van der Waals surface area contributed by atoms with Crippen LogP contribution in [0.1, 0.15) is 46.0 Å². The van der Waals surface area contributed by atoms with E-state index in [0.717, 1.165) is 18.0 Å². The third kappa shape index (κ3) is 2.94. The van der Waals surface area contributed by atoms with Crippen LogP contribution in [0.5, 0.6) is 0 Å². The summed E-state index contributed by atoms with van der Waals surface area (Å²) in [4.78, 5) is 2.70. The quantitative estimate of drug-likeness (QED) is 0.765. The fourth-order valence-corrected chi connectivity index (χ4v) is 3.04. The molecule has 0 radical (unpaired) electrons. The van der Waals surface area contributed by atoms with Crippen molar-refractivity contribution < 1.29 is 0 Å². The Morgan fingerprint density at radius 1 is 1.13 bits per heavy atom. The molecule has 0 amide bonds. The van der Waals surface area contributed by atoms with Crippen LogP contribution < -0.4 is 5.32 Å². The van der Waals surface area contributed by atoms with Gasteiger partial charge in [0.1, 0.15) is 0 Å². The maximum absolute atomic E-state index is 3.66. The van der Waals surface area contributed by atoms with Gasteiger partial charge in [-0.05, 0) is 44.6 Å². The Morgan fingerprint density at radius 2 is 1.80 bits per heavy atom. The van der Waals surface area contributed by atoms with Gasteiger partial charge in [-0.15, -0.1) is 0 Å². The van der Waals surface area contributed by atoms with Crippen molar-refractivity contribution in [2.75, 3.05) is 19.6 Å². The van der Waals surface area contributed by atoms with E-state index in [2.05, 4.69) is 24.1 Å². The molecule has 1 aliphatic carbocycles. The Kier molecular flexibility index (Phi) is 4.04.